The highest BCUT2D eigenvalue weighted by Crippen LogP contribution is 2.23. The van der Waals surface area contributed by atoms with Crippen LogP contribution in [0.15, 0.2) is 11.8 Å². The van der Waals surface area contributed by atoms with Gasteiger partial charge in [-0.05, 0) is 19.3 Å². The molecular formula is C10H16N+. The van der Waals surface area contributed by atoms with E-state index in [1.54, 1.807) is 0 Å². The topological polar surface area (TPSA) is 3.24 Å². The van der Waals surface area contributed by atoms with Gasteiger partial charge in [-0.15, -0.1) is 0 Å². The molecule has 11 heavy (non-hydrogen) atoms. The van der Waals surface area contributed by atoms with Crippen LogP contribution in [0, 0.1) is 6.42 Å². The normalized spacial score (nSPS) is 24.7. The fraction of sp³-hybridized carbons (Fsp3) is 0.700. The molecule has 0 unspecified atom stereocenters. The van der Waals surface area contributed by atoms with E-state index in [2.05, 4.69) is 17.4 Å². The predicted molar refractivity (Wildman–Crippen MR) is 47.0 cm³/mol. The van der Waals surface area contributed by atoms with Gasteiger partial charge in [-0.3, -0.25) is 0 Å². The molecule has 1 heteroatoms. The highest BCUT2D eigenvalue weighted by molar-refractivity contribution is 5.15. The van der Waals surface area contributed by atoms with Crippen molar-refractivity contribution in [2.45, 2.75) is 32.1 Å². The first kappa shape index (κ1) is 7.08. The molecule has 1 nitrogen and oxygen atoms in total. The maximum Gasteiger partial charge on any atom is 0.192 e. The summed E-state index contributed by atoms with van der Waals surface area (Å²) in [5.74, 6) is 0. The minimum atomic E-state index is 1.29. The SMILES string of the molecule is C1=C(N2CCCC2)[CH+]CCC1. The summed E-state index contributed by atoms with van der Waals surface area (Å²) in [6.45, 7) is 2.59. The van der Waals surface area contributed by atoms with Crippen LogP contribution in [0.2, 0.25) is 0 Å². The zero-order valence-corrected chi connectivity index (χ0v) is 7.05. The Morgan fingerprint density at radius 3 is 2.64 bits per heavy atom. The van der Waals surface area contributed by atoms with Gasteiger partial charge in [0, 0.05) is 25.9 Å². The van der Waals surface area contributed by atoms with Crippen molar-refractivity contribution in [2.24, 2.45) is 0 Å². The van der Waals surface area contributed by atoms with Crippen molar-refractivity contribution in [1.82, 2.24) is 4.90 Å². The van der Waals surface area contributed by atoms with E-state index in [1.807, 2.05) is 0 Å². The van der Waals surface area contributed by atoms with Crippen molar-refractivity contribution in [3.8, 4) is 0 Å². The molecule has 1 aliphatic carbocycles. The molecule has 0 atom stereocenters. The third kappa shape index (κ3) is 1.52. The molecule has 0 N–H and O–H groups in total. The van der Waals surface area contributed by atoms with E-state index in [0.29, 0.717) is 0 Å². The first-order chi connectivity index (χ1) is 5.47. The molecule has 1 saturated heterocycles. The van der Waals surface area contributed by atoms with Crippen LogP contribution < -0.4 is 0 Å². The maximum absolute atomic E-state index is 2.53. The summed E-state index contributed by atoms with van der Waals surface area (Å²) in [6.07, 6.45) is 11.5. The van der Waals surface area contributed by atoms with Crippen molar-refractivity contribution >= 4 is 0 Å². The zero-order valence-electron chi connectivity index (χ0n) is 7.05. The minimum Gasteiger partial charge on any atom is -0.339 e. The average Bonchev–Trinajstić information content (AvgIpc) is 2.58. The van der Waals surface area contributed by atoms with Gasteiger partial charge in [-0.2, -0.15) is 0 Å². The maximum atomic E-state index is 2.53. The molecular weight excluding hydrogens is 134 g/mol. The van der Waals surface area contributed by atoms with Gasteiger partial charge in [0.15, 0.2) is 5.70 Å². The molecule has 60 valence electrons. The van der Waals surface area contributed by atoms with E-state index in [-0.39, 0.29) is 0 Å². The lowest BCUT2D eigenvalue weighted by molar-refractivity contribution is 0.420. The van der Waals surface area contributed by atoms with Crippen molar-refractivity contribution in [3.05, 3.63) is 18.2 Å². The Kier molecular flexibility index (Phi) is 2.06. The molecule has 1 heterocycles. The summed E-state index contributed by atoms with van der Waals surface area (Å²) in [5, 5.41) is 0. The van der Waals surface area contributed by atoms with E-state index in [1.165, 1.54) is 50.9 Å². The van der Waals surface area contributed by atoms with Crippen molar-refractivity contribution in [1.29, 1.82) is 0 Å². The lowest BCUT2D eigenvalue weighted by atomic mass is 10.0. The van der Waals surface area contributed by atoms with E-state index in [0.717, 1.165) is 0 Å². The van der Waals surface area contributed by atoms with Gasteiger partial charge < -0.3 is 4.90 Å². The first-order valence-corrected chi connectivity index (χ1v) is 4.75. The van der Waals surface area contributed by atoms with Gasteiger partial charge in [-0.25, -0.2) is 0 Å². The molecule has 1 aliphatic heterocycles. The van der Waals surface area contributed by atoms with Crippen LogP contribution in [0.25, 0.3) is 0 Å². The Labute approximate surface area is 69.1 Å². The highest BCUT2D eigenvalue weighted by Gasteiger charge is 2.21. The molecule has 1 fully saturated rings. The monoisotopic (exact) mass is 150 g/mol. The zero-order chi connectivity index (χ0) is 7.52. The van der Waals surface area contributed by atoms with Crippen LogP contribution in [0.1, 0.15) is 32.1 Å². The number of likely N-dealkylation sites (tertiary alicyclic amines) is 1. The Bertz CT molecular complexity index is 154. The largest absolute Gasteiger partial charge is 0.339 e. The second-order valence-electron chi connectivity index (χ2n) is 3.46. The number of hydrogen-bond acceptors (Lipinski definition) is 1. The number of rotatable bonds is 1. The molecule has 0 aromatic carbocycles. The first-order valence-electron chi connectivity index (χ1n) is 4.75. The third-order valence-electron chi connectivity index (χ3n) is 2.59. The van der Waals surface area contributed by atoms with Gasteiger partial charge in [0.1, 0.15) is 0 Å². The highest BCUT2D eigenvalue weighted by atomic mass is 15.1. The third-order valence-corrected chi connectivity index (χ3v) is 2.59. The summed E-state index contributed by atoms with van der Waals surface area (Å²) < 4.78 is 0. The molecule has 0 aromatic heterocycles. The quantitative estimate of drug-likeness (QED) is 0.519. The van der Waals surface area contributed by atoms with Crippen molar-refractivity contribution in [3.63, 3.8) is 0 Å². The molecule has 0 amide bonds. The van der Waals surface area contributed by atoms with E-state index in [9.17, 15) is 0 Å². The van der Waals surface area contributed by atoms with E-state index < -0.39 is 0 Å². The van der Waals surface area contributed by atoms with Gasteiger partial charge in [0.25, 0.3) is 0 Å². The molecule has 0 saturated carbocycles. The molecule has 2 aliphatic rings. The number of nitrogens with zero attached hydrogens (tertiary/aromatic N) is 1. The summed E-state index contributed by atoms with van der Waals surface area (Å²) in [7, 11) is 0. The Morgan fingerprint density at radius 1 is 1.18 bits per heavy atom. The summed E-state index contributed by atoms with van der Waals surface area (Å²) in [5.41, 5.74) is 1.52. The molecule has 0 radical (unpaired) electrons. The number of hydrogen-bond donors (Lipinski definition) is 0. The summed E-state index contributed by atoms with van der Waals surface area (Å²) >= 11 is 0. The lowest BCUT2D eigenvalue weighted by Crippen LogP contribution is -2.20. The Morgan fingerprint density at radius 2 is 2.00 bits per heavy atom. The fourth-order valence-electron chi connectivity index (χ4n) is 1.93. The van der Waals surface area contributed by atoms with Gasteiger partial charge in [0.05, 0.1) is 12.5 Å². The van der Waals surface area contributed by atoms with E-state index in [4.69, 9.17) is 0 Å². The molecule has 0 spiro atoms. The van der Waals surface area contributed by atoms with Crippen LogP contribution in [-0.4, -0.2) is 18.0 Å². The molecule has 2 rings (SSSR count). The average molecular weight is 150 g/mol. The standard InChI is InChI=1S/C10H16N/c1-2-6-10(7-3-1)11-8-4-5-9-11/h6-7H,1-5,8-9H2/q+1. The Hall–Kier alpha value is -0.590. The fourth-order valence-corrected chi connectivity index (χ4v) is 1.93. The summed E-state index contributed by atoms with van der Waals surface area (Å²) in [4.78, 5) is 2.53. The smallest absolute Gasteiger partial charge is 0.192 e. The Balaban J connectivity index is 1.96. The van der Waals surface area contributed by atoms with Crippen LogP contribution >= 0.6 is 0 Å². The van der Waals surface area contributed by atoms with Crippen LogP contribution in [-0.2, 0) is 0 Å². The summed E-state index contributed by atoms with van der Waals surface area (Å²) in [6, 6.07) is 0. The minimum absolute atomic E-state index is 1.29. The van der Waals surface area contributed by atoms with Crippen LogP contribution in [0.3, 0.4) is 0 Å². The second kappa shape index (κ2) is 3.21. The molecule has 0 bridgehead atoms. The predicted octanol–water partition coefficient (Wildman–Crippen LogP) is 2.35. The second-order valence-corrected chi connectivity index (χ2v) is 3.46. The van der Waals surface area contributed by atoms with Gasteiger partial charge >= 0.3 is 0 Å². The van der Waals surface area contributed by atoms with Crippen LogP contribution in [0.5, 0.6) is 0 Å². The van der Waals surface area contributed by atoms with Crippen molar-refractivity contribution < 1.29 is 0 Å². The van der Waals surface area contributed by atoms with Crippen molar-refractivity contribution in [2.75, 3.05) is 13.1 Å². The van der Waals surface area contributed by atoms with Gasteiger partial charge in [0.2, 0.25) is 0 Å². The molecule has 0 aromatic rings. The van der Waals surface area contributed by atoms with E-state index >= 15 is 0 Å². The van der Waals surface area contributed by atoms with Crippen LogP contribution in [0.4, 0.5) is 0 Å². The number of allylic oxidation sites excluding steroid dienone is 2. The van der Waals surface area contributed by atoms with Gasteiger partial charge in [-0.1, -0.05) is 0 Å². The lowest BCUT2D eigenvalue weighted by Gasteiger charge is -2.16.